The van der Waals surface area contributed by atoms with E-state index >= 15 is 0 Å². The number of aromatic nitrogens is 5. The van der Waals surface area contributed by atoms with Crippen LogP contribution in [-0.2, 0) is 0 Å². The van der Waals surface area contributed by atoms with Crippen LogP contribution in [0.2, 0.25) is 0 Å². The third kappa shape index (κ3) is 3.67. The van der Waals surface area contributed by atoms with Crippen molar-refractivity contribution < 1.29 is 0 Å². The lowest BCUT2D eigenvalue weighted by molar-refractivity contribution is 0.579. The molecule has 4 heterocycles. The molecule has 0 aliphatic carbocycles. The molecule has 6 rings (SSSR count). The van der Waals surface area contributed by atoms with E-state index in [4.69, 9.17) is 5.10 Å². The van der Waals surface area contributed by atoms with E-state index in [0.29, 0.717) is 5.56 Å². The highest BCUT2D eigenvalue weighted by atomic mass is 16.1. The number of hydrogen-bond acceptors (Lipinski definition) is 5. The van der Waals surface area contributed by atoms with Crippen LogP contribution in [0.5, 0.6) is 0 Å². The first kappa shape index (κ1) is 21.5. The molecule has 176 valence electrons. The number of benzene rings is 2. The zero-order chi connectivity index (χ0) is 23.9. The molecule has 0 saturated carbocycles. The Morgan fingerprint density at radius 2 is 1.69 bits per heavy atom. The fourth-order valence-electron chi connectivity index (χ4n) is 5.32. The Labute approximate surface area is 203 Å². The Hall–Kier alpha value is -4.00. The molecule has 1 saturated heterocycles. The number of aryl methyl sites for hydroxylation is 1. The largest absolute Gasteiger partial charge is 0.367 e. The number of fused-ring (bicyclic) bond motifs is 2. The van der Waals surface area contributed by atoms with Crippen LogP contribution in [0.3, 0.4) is 0 Å². The van der Waals surface area contributed by atoms with Crippen LogP contribution < -0.4 is 10.5 Å². The first-order valence-corrected chi connectivity index (χ1v) is 12.3. The van der Waals surface area contributed by atoms with Crippen molar-refractivity contribution in [3.63, 3.8) is 0 Å². The number of anilines is 1. The average molecular weight is 465 g/mol. The number of rotatable bonds is 4. The van der Waals surface area contributed by atoms with Gasteiger partial charge in [0.05, 0.1) is 11.0 Å². The van der Waals surface area contributed by atoms with E-state index in [1.54, 1.807) is 16.9 Å². The van der Waals surface area contributed by atoms with Crippen LogP contribution in [0, 0.1) is 6.92 Å². The number of hydrogen-bond donors (Lipinski definition) is 1. The Bertz CT molecular complexity index is 1580. The molecule has 1 atom stereocenters. The van der Waals surface area contributed by atoms with Crippen molar-refractivity contribution in [2.75, 3.05) is 18.0 Å². The van der Waals surface area contributed by atoms with Gasteiger partial charge in [-0.1, -0.05) is 43.3 Å². The molecule has 0 bridgehead atoms. The number of aromatic amines is 1. The number of nitrogens with one attached hydrogen (secondary N) is 1. The second-order valence-corrected chi connectivity index (χ2v) is 9.37. The van der Waals surface area contributed by atoms with Crippen LogP contribution in [0.1, 0.15) is 48.9 Å². The molecule has 1 aliphatic heterocycles. The predicted octanol–water partition coefficient (Wildman–Crippen LogP) is 5.08. The molecule has 7 nitrogen and oxygen atoms in total. The molecule has 1 aliphatic rings. The Morgan fingerprint density at radius 1 is 0.943 bits per heavy atom. The maximum absolute atomic E-state index is 13.9. The lowest BCUT2D eigenvalue weighted by Gasteiger charge is -2.28. The molecule has 2 aromatic carbocycles. The minimum absolute atomic E-state index is 0.0802. The first-order valence-electron chi connectivity index (χ1n) is 12.3. The van der Waals surface area contributed by atoms with Gasteiger partial charge in [-0.05, 0) is 43.9 Å². The summed E-state index contributed by atoms with van der Waals surface area (Å²) in [6.45, 7) is 5.99. The van der Waals surface area contributed by atoms with Crippen molar-refractivity contribution in [1.82, 2.24) is 24.6 Å². The van der Waals surface area contributed by atoms with Gasteiger partial charge in [0.1, 0.15) is 11.4 Å². The zero-order valence-electron chi connectivity index (χ0n) is 20.0. The van der Waals surface area contributed by atoms with Crippen LogP contribution in [0.25, 0.3) is 27.9 Å². The Kier molecular flexibility index (Phi) is 5.32. The van der Waals surface area contributed by atoms with E-state index in [0.717, 1.165) is 70.8 Å². The minimum atomic E-state index is -0.127. The third-order valence-electron chi connectivity index (χ3n) is 7.14. The molecular formula is C28H28N6O. The van der Waals surface area contributed by atoms with Gasteiger partial charge in [0.25, 0.3) is 5.56 Å². The lowest BCUT2D eigenvalue weighted by Crippen LogP contribution is -2.30. The highest BCUT2D eigenvalue weighted by Gasteiger charge is 2.26. The number of piperidine rings is 1. The van der Waals surface area contributed by atoms with E-state index in [1.807, 2.05) is 43.3 Å². The second kappa shape index (κ2) is 8.65. The van der Waals surface area contributed by atoms with Crippen molar-refractivity contribution >= 4 is 22.4 Å². The summed E-state index contributed by atoms with van der Waals surface area (Å²) in [6.07, 6.45) is 6.92. The SMILES string of the molecule is Cc1[nH]c2c(N3CCCCC3)c(-c3ccccc3)nn2c(=O)c1[C@@H](C)c1ccc2nccnc2c1. The molecule has 1 fully saturated rings. The van der Waals surface area contributed by atoms with E-state index in [9.17, 15) is 4.79 Å². The number of H-pyrrole nitrogens is 1. The van der Waals surface area contributed by atoms with Crippen LogP contribution >= 0.6 is 0 Å². The molecule has 0 radical (unpaired) electrons. The topological polar surface area (TPSA) is 79.2 Å². The Balaban J connectivity index is 1.54. The van der Waals surface area contributed by atoms with E-state index < -0.39 is 0 Å². The van der Waals surface area contributed by atoms with Gasteiger partial charge in [0, 0.05) is 48.2 Å². The van der Waals surface area contributed by atoms with Crippen molar-refractivity contribution in [3.05, 3.63) is 88.1 Å². The molecule has 5 aromatic rings. The van der Waals surface area contributed by atoms with Gasteiger partial charge in [-0.15, -0.1) is 0 Å². The summed E-state index contributed by atoms with van der Waals surface area (Å²) in [4.78, 5) is 28.7. The molecular weight excluding hydrogens is 436 g/mol. The lowest BCUT2D eigenvalue weighted by atomic mass is 9.92. The third-order valence-corrected chi connectivity index (χ3v) is 7.14. The van der Waals surface area contributed by atoms with E-state index in [2.05, 4.69) is 38.9 Å². The highest BCUT2D eigenvalue weighted by Crippen LogP contribution is 2.35. The summed E-state index contributed by atoms with van der Waals surface area (Å²) in [7, 11) is 0. The standard InChI is InChI=1S/C28H28N6O/c1-18(21-11-12-22-23(17-21)30-14-13-29-22)24-19(2)31-27-26(33-15-7-4-8-16-33)25(32-34(27)28(24)35)20-9-5-3-6-10-20/h3,5-6,9-14,17-18,31H,4,7-8,15-16H2,1-2H3/t18-/m0/s1. The van der Waals surface area contributed by atoms with Gasteiger partial charge >= 0.3 is 0 Å². The second-order valence-electron chi connectivity index (χ2n) is 9.37. The molecule has 0 spiro atoms. The van der Waals surface area contributed by atoms with Gasteiger partial charge in [-0.25, -0.2) is 0 Å². The molecule has 0 amide bonds. The molecule has 35 heavy (non-hydrogen) atoms. The van der Waals surface area contributed by atoms with Gasteiger partial charge in [-0.3, -0.25) is 14.8 Å². The average Bonchev–Trinajstić information content (AvgIpc) is 3.29. The van der Waals surface area contributed by atoms with Gasteiger partial charge in [0.15, 0.2) is 5.65 Å². The van der Waals surface area contributed by atoms with Crippen molar-refractivity contribution in [3.8, 4) is 11.3 Å². The molecule has 3 aromatic heterocycles. The summed E-state index contributed by atoms with van der Waals surface area (Å²) in [5.74, 6) is -0.127. The highest BCUT2D eigenvalue weighted by molar-refractivity contribution is 5.86. The summed E-state index contributed by atoms with van der Waals surface area (Å²) >= 11 is 0. The molecule has 0 unspecified atom stereocenters. The summed E-state index contributed by atoms with van der Waals surface area (Å²) in [5, 5.41) is 4.89. The van der Waals surface area contributed by atoms with Crippen molar-refractivity contribution in [2.45, 2.75) is 39.0 Å². The van der Waals surface area contributed by atoms with Crippen LogP contribution in [0.4, 0.5) is 5.69 Å². The van der Waals surface area contributed by atoms with E-state index in [-0.39, 0.29) is 11.5 Å². The summed E-state index contributed by atoms with van der Waals surface area (Å²) in [6, 6.07) is 16.2. The maximum atomic E-state index is 13.9. The first-order chi connectivity index (χ1) is 17.1. The molecule has 1 N–H and O–H groups in total. The van der Waals surface area contributed by atoms with Gasteiger partial charge in [0.2, 0.25) is 0 Å². The summed E-state index contributed by atoms with van der Waals surface area (Å²) < 4.78 is 1.58. The number of nitrogens with zero attached hydrogens (tertiary/aromatic N) is 5. The normalized spacial score (nSPS) is 15.1. The Morgan fingerprint density at radius 3 is 2.46 bits per heavy atom. The van der Waals surface area contributed by atoms with Crippen molar-refractivity contribution in [1.29, 1.82) is 0 Å². The quantitative estimate of drug-likeness (QED) is 0.401. The molecule has 7 heteroatoms. The van der Waals surface area contributed by atoms with Gasteiger partial charge in [-0.2, -0.15) is 9.61 Å². The van der Waals surface area contributed by atoms with Gasteiger partial charge < -0.3 is 9.88 Å². The van der Waals surface area contributed by atoms with E-state index in [1.165, 1.54) is 6.42 Å². The van der Waals surface area contributed by atoms with Crippen LogP contribution in [0.15, 0.2) is 65.7 Å². The monoisotopic (exact) mass is 464 g/mol. The smallest absolute Gasteiger partial charge is 0.278 e. The van der Waals surface area contributed by atoms with Crippen molar-refractivity contribution in [2.24, 2.45) is 0 Å². The fourth-order valence-corrected chi connectivity index (χ4v) is 5.32. The maximum Gasteiger partial charge on any atom is 0.278 e. The fraction of sp³-hybridized carbons (Fsp3) is 0.286. The predicted molar refractivity (Wildman–Crippen MR) is 139 cm³/mol. The summed E-state index contributed by atoms with van der Waals surface area (Å²) in [5.41, 5.74) is 7.86. The zero-order valence-corrected chi connectivity index (χ0v) is 20.0. The van der Waals surface area contributed by atoms with Crippen LogP contribution in [-0.4, -0.2) is 37.7 Å². The minimum Gasteiger partial charge on any atom is -0.367 e.